The van der Waals surface area contributed by atoms with Crippen LogP contribution in [-0.4, -0.2) is 18.0 Å². The summed E-state index contributed by atoms with van der Waals surface area (Å²) in [6.45, 7) is 4.09. The van der Waals surface area contributed by atoms with Crippen molar-refractivity contribution >= 4 is 17.4 Å². The highest BCUT2D eigenvalue weighted by Gasteiger charge is 2.25. The van der Waals surface area contributed by atoms with Gasteiger partial charge in [-0.3, -0.25) is 4.79 Å². The zero-order chi connectivity index (χ0) is 14.5. The Bertz CT molecular complexity index is 441. The van der Waals surface area contributed by atoms with Crippen LogP contribution in [0.25, 0.3) is 0 Å². The molecule has 0 aliphatic heterocycles. The molecule has 1 fully saturated rings. The summed E-state index contributed by atoms with van der Waals surface area (Å²) in [7, 11) is 0. The molecule has 0 N–H and O–H groups in total. The minimum atomic E-state index is -0.378. The molecule has 1 aromatic carbocycles. The average molecular weight is 295 g/mol. The average Bonchev–Trinajstić information content (AvgIpc) is 2.47. The normalized spacial score (nSPS) is 24.4. The van der Waals surface area contributed by atoms with Crippen molar-refractivity contribution in [1.29, 1.82) is 0 Å². The first-order chi connectivity index (χ1) is 9.60. The van der Waals surface area contributed by atoms with Crippen molar-refractivity contribution in [2.24, 2.45) is 5.92 Å². The van der Waals surface area contributed by atoms with Crippen LogP contribution in [0.15, 0.2) is 24.3 Å². The Morgan fingerprint density at radius 2 is 2.05 bits per heavy atom. The minimum Gasteiger partial charge on any atom is -0.367 e. The summed E-state index contributed by atoms with van der Waals surface area (Å²) in [4.78, 5) is 12.3. The van der Waals surface area contributed by atoms with Crippen LogP contribution >= 0.6 is 11.6 Å². The molecule has 1 aliphatic rings. The highest BCUT2D eigenvalue weighted by Crippen LogP contribution is 2.29. The standard InChI is InChI=1S/C17H23ClO2/c1-3-13-5-4-6-16(11-13)20-12(2)17(19)14-7-9-15(18)10-8-14/h7-10,12-13,16H,3-6,11H2,1-2H3. The van der Waals surface area contributed by atoms with Crippen LogP contribution in [0.2, 0.25) is 5.02 Å². The molecule has 1 saturated carbocycles. The van der Waals surface area contributed by atoms with Gasteiger partial charge in [-0.1, -0.05) is 37.8 Å². The van der Waals surface area contributed by atoms with Crippen LogP contribution in [0, 0.1) is 5.92 Å². The zero-order valence-electron chi connectivity index (χ0n) is 12.3. The van der Waals surface area contributed by atoms with E-state index in [1.54, 1.807) is 24.3 Å². The molecule has 1 aromatic rings. The molecule has 2 nitrogen and oxygen atoms in total. The van der Waals surface area contributed by atoms with E-state index in [1.807, 2.05) is 6.92 Å². The van der Waals surface area contributed by atoms with Gasteiger partial charge in [0.05, 0.1) is 6.10 Å². The molecule has 20 heavy (non-hydrogen) atoms. The second kappa shape index (κ2) is 7.24. The molecule has 0 amide bonds. The van der Waals surface area contributed by atoms with Crippen LogP contribution in [0.1, 0.15) is 56.3 Å². The quantitative estimate of drug-likeness (QED) is 0.722. The number of carbonyl (C=O) groups excluding carboxylic acids is 1. The molecule has 110 valence electrons. The maximum atomic E-state index is 12.3. The number of Topliss-reactive ketones (excluding diaryl/α,β-unsaturated/α-hetero) is 1. The molecule has 3 heteroatoms. The molecular weight excluding hydrogens is 272 g/mol. The predicted octanol–water partition coefficient (Wildman–Crippen LogP) is 4.90. The highest BCUT2D eigenvalue weighted by molar-refractivity contribution is 6.30. The number of ketones is 1. The van der Waals surface area contributed by atoms with E-state index >= 15 is 0 Å². The van der Waals surface area contributed by atoms with Crippen LogP contribution < -0.4 is 0 Å². The lowest BCUT2D eigenvalue weighted by Crippen LogP contribution is -2.30. The summed E-state index contributed by atoms with van der Waals surface area (Å²) in [5.41, 5.74) is 0.671. The van der Waals surface area contributed by atoms with E-state index < -0.39 is 0 Å². The molecule has 0 aromatic heterocycles. The molecule has 3 atom stereocenters. The van der Waals surface area contributed by atoms with Crippen molar-refractivity contribution in [3.05, 3.63) is 34.9 Å². The van der Waals surface area contributed by atoms with Crippen LogP contribution in [0.5, 0.6) is 0 Å². The minimum absolute atomic E-state index is 0.0419. The predicted molar refractivity (Wildman–Crippen MR) is 82.4 cm³/mol. The van der Waals surface area contributed by atoms with Crippen molar-refractivity contribution in [1.82, 2.24) is 0 Å². The molecule has 1 aliphatic carbocycles. The summed E-state index contributed by atoms with van der Waals surface area (Å²) >= 11 is 5.84. The molecule has 0 radical (unpaired) electrons. The Morgan fingerprint density at radius 1 is 1.35 bits per heavy atom. The Balaban J connectivity index is 1.92. The summed E-state index contributed by atoms with van der Waals surface area (Å²) in [6.07, 6.45) is 5.75. The van der Waals surface area contributed by atoms with Gasteiger partial charge in [0, 0.05) is 10.6 Å². The molecule has 2 rings (SSSR count). The van der Waals surface area contributed by atoms with Gasteiger partial charge in [0.15, 0.2) is 5.78 Å². The fourth-order valence-electron chi connectivity index (χ4n) is 2.94. The lowest BCUT2D eigenvalue weighted by Gasteiger charge is -2.30. The van der Waals surface area contributed by atoms with E-state index in [-0.39, 0.29) is 18.0 Å². The summed E-state index contributed by atoms with van der Waals surface area (Å²) in [6, 6.07) is 7.02. The van der Waals surface area contributed by atoms with Gasteiger partial charge in [-0.15, -0.1) is 0 Å². The smallest absolute Gasteiger partial charge is 0.191 e. The van der Waals surface area contributed by atoms with Crippen molar-refractivity contribution in [3.63, 3.8) is 0 Å². The van der Waals surface area contributed by atoms with Crippen LogP contribution in [0.3, 0.4) is 0 Å². The van der Waals surface area contributed by atoms with E-state index in [0.717, 1.165) is 18.8 Å². The van der Waals surface area contributed by atoms with Gasteiger partial charge in [0.25, 0.3) is 0 Å². The SMILES string of the molecule is CCC1CCCC(OC(C)C(=O)c2ccc(Cl)cc2)C1. The third kappa shape index (κ3) is 4.07. The van der Waals surface area contributed by atoms with Gasteiger partial charge < -0.3 is 4.74 Å². The maximum absolute atomic E-state index is 12.3. The van der Waals surface area contributed by atoms with Crippen molar-refractivity contribution in [2.75, 3.05) is 0 Å². The van der Waals surface area contributed by atoms with E-state index in [9.17, 15) is 4.79 Å². The number of ether oxygens (including phenoxy) is 1. The largest absolute Gasteiger partial charge is 0.367 e. The number of rotatable bonds is 5. The van der Waals surface area contributed by atoms with Gasteiger partial charge in [0.2, 0.25) is 0 Å². The Labute approximate surface area is 126 Å². The molecular formula is C17H23ClO2. The number of hydrogen-bond acceptors (Lipinski definition) is 2. The lowest BCUT2D eigenvalue weighted by molar-refractivity contribution is -0.0221. The zero-order valence-corrected chi connectivity index (χ0v) is 13.0. The van der Waals surface area contributed by atoms with E-state index in [2.05, 4.69) is 6.92 Å². The topological polar surface area (TPSA) is 26.3 Å². The van der Waals surface area contributed by atoms with E-state index in [4.69, 9.17) is 16.3 Å². The Morgan fingerprint density at radius 3 is 2.70 bits per heavy atom. The third-order valence-electron chi connectivity index (χ3n) is 4.21. The Hall–Kier alpha value is -0.860. The first-order valence-corrected chi connectivity index (χ1v) is 7.93. The van der Waals surface area contributed by atoms with Gasteiger partial charge in [0.1, 0.15) is 6.10 Å². The first kappa shape index (κ1) is 15.5. The fraction of sp³-hybridized carbons (Fsp3) is 0.588. The number of benzene rings is 1. The van der Waals surface area contributed by atoms with Gasteiger partial charge in [-0.2, -0.15) is 0 Å². The summed E-state index contributed by atoms with van der Waals surface area (Å²) < 4.78 is 5.99. The third-order valence-corrected chi connectivity index (χ3v) is 4.46. The first-order valence-electron chi connectivity index (χ1n) is 7.55. The molecule has 0 saturated heterocycles. The fourth-order valence-corrected chi connectivity index (χ4v) is 3.06. The van der Waals surface area contributed by atoms with Crippen LogP contribution in [0.4, 0.5) is 0 Å². The summed E-state index contributed by atoms with van der Waals surface area (Å²) in [5, 5.41) is 0.646. The van der Waals surface area contributed by atoms with Crippen molar-refractivity contribution < 1.29 is 9.53 Å². The Kier molecular flexibility index (Phi) is 5.62. The molecule has 0 spiro atoms. The van der Waals surface area contributed by atoms with Crippen molar-refractivity contribution in [2.45, 2.75) is 58.2 Å². The molecule has 0 heterocycles. The van der Waals surface area contributed by atoms with Gasteiger partial charge >= 0.3 is 0 Å². The van der Waals surface area contributed by atoms with Crippen LogP contribution in [-0.2, 0) is 4.74 Å². The highest BCUT2D eigenvalue weighted by atomic mass is 35.5. The lowest BCUT2D eigenvalue weighted by atomic mass is 9.85. The second-order valence-corrected chi connectivity index (χ2v) is 6.15. The number of hydrogen-bond donors (Lipinski definition) is 0. The maximum Gasteiger partial charge on any atom is 0.191 e. The van der Waals surface area contributed by atoms with Gasteiger partial charge in [-0.05, 0) is 49.9 Å². The van der Waals surface area contributed by atoms with E-state index in [0.29, 0.717) is 10.6 Å². The van der Waals surface area contributed by atoms with Crippen molar-refractivity contribution in [3.8, 4) is 0 Å². The number of halogens is 1. The summed E-state index contributed by atoms with van der Waals surface area (Å²) in [5.74, 6) is 0.798. The molecule has 3 unspecified atom stereocenters. The molecule has 0 bridgehead atoms. The van der Waals surface area contributed by atoms with Gasteiger partial charge in [-0.25, -0.2) is 0 Å². The second-order valence-electron chi connectivity index (χ2n) is 5.71. The monoisotopic (exact) mass is 294 g/mol. The number of carbonyl (C=O) groups is 1. The van der Waals surface area contributed by atoms with E-state index in [1.165, 1.54) is 19.3 Å².